The van der Waals surface area contributed by atoms with E-state index in [1.54, 1.807) is 14.2 Å². The number of benzene rings is 1. The molecule has 0 aromatic heterocycles. The monoisotopic (exact) mass is 207 g/mol. The van der Waals surface area contributed by atoms with Crippen molar-refractivity contribution in [1.29, 1.82) is 0 Å². The van der Waals surface area contributed by atoms with Gasteiger partial charge in [-0.3, -0.25) is 0 Å². The number of rotatable bonds is 5. The topological polar surface area (TPSA) is 30.5 Å². The van der Waals surface area contributed by atoms with Gasteiger partial charge in [-0.1, -0.05) is 12.2 Å². The molecule has 1 rings (SSSR count). The molecule has 0 heterocycles. The molecule has 0 atom stereocenters. The Morgan fingerprint density at radius 3 is 2.20 bits per heavy atom. The summed E-state index contributed by atoms with van der Waals surface area (Å²) in [6.45, 7) is 2.79. The van der Waals surface area contributed by atoms with Gasteiger partial charge in [0.05, 0.1) is 14.2 Å². The van der Waals surface area contributed by atoms with Crippen LogP contribution in [0.15, 0.2) is 30.4 Å². The van der Waals surface area contributed by atoms with Crippen LogP contribution >= 0.6 is 0 Å². The molecule has 0 aliphatic rings. The number of methoxy groups -OCH3 is 2. The Hall–Kier alpha value is -1.64. The van der Waals surface area contributed by atoms with E-state index in [1.165, 1.54) is 0 Å². The highest BCUT2D eigenvalue weighted by Gasteiger charge is 2.00. The second-order valence-electron chi connectivity index (χ2n) is 3.05. The van der Waals surface area contributed by atoms with Crippen molar-refractivity contribution in [2.75, 3.05) is 26.1 Å². The number of anilines is 1. The van der Waals surface area contributed by atoms with Crippen molar-refractivity contribution in [3.05, 3.63) is 30.4 Å². The summed E-state index contributed by atoms with van der Waals surface area (Å²) < 4.78 is 10.3. The summed E-state index contributed by atoms with van der Waals surface area (Å²) >= 11 is 0. The Morgan fingerprint density at radius 2 is 1.73 bits per heavy atom. The summed E-state index contributed by atoms with van der Waals surface area (Å²) in [7, 11) is 3.29. The fourth-order valence-electron chi connectivity index (χ4n) is 1.20. The smallest absolute Gasteiger partial charge is 0.124 e. The molecule has 3 nitrogen and oxygen atoms in total. The molecule has 1 N–H and O–H groups in total. The molecule has 0 fully saturated rings. The molecule has 0 unspecified atom stereocenters. The number of nitrogens with one attached hydrogen (secondary N) is 1. The van der Waals surface area contributed by atoms with Crippen LogP contribution in [0.4, 0.5) is 5.69 Å². The normalized spacial score (nSPS) is 10.3. The van der Waals surface area contributed by atoms with Crippen LogP contribution in [0.1, 0.15) is 6.92 Å². The first kappa shape index (κ1) is 11.4. The highest BCUT2D eigenvalue weighted by atomic mass is 16.5. The van der Waals surface area contributed by atoms with Crippen LogP contribution in [0, 0.1) is 0 Å². The van der Waals surface area contributed by atoms with Gasteiger partial charge in [0.15, 0.2) is 0 Å². The lowest BCUT2D eigenvalue weighted by Gasteiger charge is -2.09. The molecular formula is C12H17NO2. The van der Waals surface area contributed by atoms with Gasteiger partial charge in [-0.25, -0.2) is 0 Å². The second kappa shape index (κ2) is 5.96. The lowest BCUT2D eigenvalue weighted by atomic mass is 10.2. The zero-order valence-corrected chi connectivity index (χ0v) is 9.41. The Balaban J connectivity index is 2.77. The SMILES string of the molecule is C/C=C/CNc1cc(OC)cc(OC)c1. The van der Waals surface area contributed by atoms with Crippen LogP contribution in [-0.4, -0.2) is 20.8 Å². The lowest BCUT2D eigenvalue weighted by Crippen LogP contribution is -1.99. The van der Waals surface area contributed by atoms with Crippen molar-refractivity contribution >= 4 is 5.69 Å². The van der Waals surface area contributed by atoms with Crippen molar-refractivity contribution in [2.45, 2.75) is 6.92 Å². The highest BCUT2D eigenvalue weighted by molar-refractivity contribution is 5.54. The number of allylic oxidation sites excluding steroid dienone is 1. The van der Waals surface area contributed by atoms with E-state index in [2.05, 4.69) is 5.32 Å². The van der Waals surface area contributed by atoms with Crippen LogP contribution in [0.25, 0.3) is 0 Å². The lowest BCUT2D eigenvalue weighted by molar-refractivity contribution is 0.394. The van der Waals surface area contributed by atoms with Crippen LogP contribution in [0.5, 0.6) is 11.5 Å². The first-order valence-electron chi connectivity index (χ1n) is 4.88. The van der Waals surface area contributed by atoms with Crippen molar-refractivity contribution in [2.24, 2.45) is 0 Å². The standard InChI is InChI=1S/C12H17NO2/c1-4-5-6-13-10-7-11(14-2)9-12(8-10)15-3/h4-5,7-9,13H,6H2,1-3H3/b5-4+. The summed E-state index contributed by atoms with van der Waals surface area (Å²) in [4.78, 5) is 0. The molecule has 0 saturated heterocycles. The van der Waals surface area contributed by atoms with E-state index in [0.717, 1.165) is 23.7 Å². The van der Waals surface area contributed by atoms with Crippen molar-refractivity contribution in [1.82, 2.24) is 0 Å². The van der Waals surface area contributed by atoms with Gasteiger partial charge < -0.3 is 14.8 Å². The minimum absolute atomic E-state index is 0.789. The largest absolute Gasteiger partial charge is 0.497 e. The molecule has 3 heteroatoms. The molecule has 1 aromatic carbocycles. The van der Waals surface area contributed by atoms with Crippen LogP contribution in [0.2, 0.25) is 0 Å². The van der Waals surface area contributed by atoms with E-state index in [1.807, 2.05) is 37.3 Å². The molecular weight excluding hydrogens is 190 g/mol. The maximum atomic E-state index is 5.17. The van der Waals surface area contributed by atoms with Gasteiger partial charge in [-0.2, -0.15) is 0 Å². The molecule has 0 aliphatic carbocycles. The molecule has 0 spiro atoms. The fraction of sp³-hybridized carbons (Fsp3) is 0.333. The molecule has 1 aromatic rings. The average Bonchev–Trinajstić information content (AvgIpc) is 2.29. The van der Waals surface area contributed by atoms with E-state index >= 15 is 0 Å². The number of hydrogen-bond donors (Lipinski definition) is 1. The summed E-state index contributed by atoms with van der Waals surface area (Å²) in [5.41, 5.74) is 0.990. The number of hydrogen-bond acceptors (Lipinski definition) is 3. The van der Waals surface area contributed by atoms with Gasteiger partial charge in [-0.05, 0) is 6.92 Å². The molecule has 15 heavy (non-hydrogen) atoms. The quantitative estimate of drug-likeness (QED) is 0.753. The van der Waals surface area contributed by atoms with E-state index in [0.29, 0.717) is 0 Å². The van der Waals surface area contributed by atoms with E-state index in [-0.39, 0.29) is 0 Å². The van der Waals surface area contributed by atoms with Crippen molar-refractivity contribution < 1.29 is 9.47 Å². The Morgan fingerprint density at radius 1 is 1.13 bits per heavy atom. The first-order valence-corrected chi connectivity index (χ1v) is 4.88. The third-order valence-corrected chi connectivity index (χ3v) is 2.01. The second-order valence-corrected chi connectivity index (χ2v) is 3.05. The van der Waals surface area contributed by atoms with Crippen LogP contribution in [0.3, 0.4) is 0 Å². The molecule has 0 amide bonds. The molecule has 0 saturated carbocycles. The number of ether oxygens (including phenoxy) is 2. The molecule has 0 aliphatic heterocycles. The van der Waals surface area contributed by atoms with E-state index in [9.17, 15) is 0 Å². The van der Waals surface area contributed by atoms with Crippen molar-refractivity contribution in [3.8, 4) is 11.5 Å². The van der Waals surface area contributed by atoms with Gasteiger partial charge in [0.25, 0.3) is 0 Å². The molecule has 0 bridgehead atoms. The van der Waals surface area contributed by atoms with Gasteiger partial charge >= 0.3 is 0 Å². The van der Waals surface area contributed by atoms with Crippen LogP contribution < -0.4 is 14.8 Å². The average molecular weight is 207 g/mol. The predicted octanol–water partition coefficient (Wildman–Crippen LogP) is 2.69. The first-order chi connectivity index (χ1) is 7.30. The van der Waals surface area contributed by atoms with Gasteiger partial charge in [-0.15, -0.1) is 0 Å². The zero-order chi connectivity index (χ0) is 11.1. The minimum atomic E-state index is 0.789. The van der Waals surface area contributed by atoms with Gasteiger partial charge in [0.1, 0.15) is 11.5 Å². The van der Waals surface area contributed by atoms with Gasteiger partial charge in [0.2, 0.25) is 0 Å². The third kappa shape index (κ3) is 3.54. The summed E-state index contributed by atoms with van der Waals surface area (Å²) in [5.74, 6) is 1.58. The molecule has 0 radical (unpaired) electrons. The maximum absolute atomic E-state index is 5.17. The maximum Gasteiger partial charge on any atom is 0.124 e. The van der Waals surface area contributed by atoms with Crippen molar-refractivity contribution in [3.63, 3.8) is 0 Å². The predicted molar refractivity (Wildman–Crippen MR) is 62.8 cm³/mol. The Labute approximate surface area is 90.7 Å². The minimum Gasteiger partial charge on any atom is -0.497 e. The zero-order valence-electron chi connectivity index (χ0n) is 9.41. The Kier molecular flexibility index (Phi) is 4.54. The van der Waals surface area contributed by atoms with Crippen LogP contribution in [-0.2, 0) is 0 Å². The molecule has 82 valence electrons. The summed E-state index contributed by atoms with van der Waals surface area (Å²) in [5, 5.41) is 3.25. The fourth-order valence-corrected chi connectivity index (χ4v) is 1.20. The summed E-state index contributed by atoms with van der Waals surface area (Å²) in [6.07, 6.45) is 4.05. The van der Waals surface area contributed by atoms with Gasteiger partial charge in [0, 0.05) is 30.4 Å². The summed E-state index contributed by atoms with van der Waals surface area (Å²) in [6, 6.07) is 5.72. The van der Waals surface area contributed by atoms with E-state index in [4.69, 9.17) is 9.47 Å². The Bertz CT molecular complexity index is 312. The highest BCUT2D eigenvalue weighted by Crippen LogP contribution is 2.25. The third-order valence-electron chi connectivity index (χ3n) is 2.01. The van der Waals surface area contributed by atoms with E-state index < -0.39 is 0 Å².